The van der Waals surface area contributed by atoms with Gasteiger partial charge in [-0.3, -0.25) is 0 Å². The molecular formula is C12H21N3O2S. The highest BCUT2D eigenvalue weighted by Gasteiger charge is 2.14. The molecule has 2 atom stereocenters. The van der Waals surface area contributed by atoms with Crippen LogP contribution in [-0.4, -0.2) is 28.8 Å². The quantitative estimate of drug-likeness (QED) is 0.739. The third-order valence-corrected chi connectivity index (χ3v) is 3.72. The normalized spacial score (nSPS) is 14.0. The fraction of sp³-hybridized carbons (Fsp3) is 0.667. The maximum absolute atomic E-state index is 11.7. The number of nitrogens with one attached hydrogen (secondary N) is 2. The number of carbonyl (C=O) groups excluding carboxylic acids is 1. The standard InChI is InChI=1S/C12H21N3O2S/c1-4-9(6-16)14-12(17)13-8(3)10-7-18-11(5-2)15-10/h7-9,16H,4-6H2,1-3H3,(H2,13,14,17). The number of amides is 2. The minimum absolute atomic E-state index is 0.0466. The number of aryl methyl sites for hydroxylation is 1. The molecule has 1 aromatic heterocycles. The summed E-state index contributed by atoms with van der Waals surface area (Å²) >= 11 is 1.61. The summed E-state index contributed by atoms with van der Waals surface area (Å²) in [6.07, 6.45) is 1.61. The van der Waals surface area contributed by atoms with Crippen molar-refractivity contribution >= 4 is 17.4 Å². The highest BCUT2D eigenvalue weighted by molar-refractivity contribution is 7.09. The molecule has 0 aromatic carbocycles. The Kier molecular flexibility index (Phi) is 6.07. The first kappa shape index (κ1) is 14.9. The summed E-state index contributed by atoms with van der Waals surface area (Å²) in [5.41, 5.74) is 0.879. The number of rotatable bonds is 6. The second-order valence-corrected chi connectivity index (χ2v) is 5.09. The molecule has 0 spiro atoms. The van der Waals surface area contributed by atoms with Crippen molar-refractivity contribution in [2.24, 2.45) is 0 Å². The summed E-state index contributed by atoms with van der Waals surface area (Å²) in [5, 5.41) is 17.6. The number of aliphatic hydroxyl groups is 1. The van der Waals surface area contributed by atoms with E-state index in [0.29, 0.717) is 6.42 Å². The molecule has 0 saturated heterocycles. The predicted molar refractivity (Wildman–Crippen MR) is 72.7 cm³/mol. The molecule has 2 unspecified atom stereocenters. The Labute approximate surface area is 112 Å². The summed E-state index contributed by atoms with van der Waals surface area (Å²) in [7, 11) is 0. The molecule has 1 heterocycles. The van der Waals surface area contributed by atoms with Gasteiger partial charge in [0, 0.05) is 5.38 Å². The zero-order valence-corrected chi connectivity index (χ0v) is 11.9. The first-order chi connectivity index (χ1) is 8.60. The molecule has 0 fully saturated rings. The lowest BCUT2D eigenvalue weighted by Crippen LogP contribution is -2.44. The molecular weight excluding hydrogens is 250 g/mol. The first-order valence-corrected chi connectivity index (χ1v) is 7.10. The van der Waals surface area contributed by atoms with Crippen LogP contribution in [0.25, 0.3) is 0 Å². The molecule has 0 aliphatic carbocycles. The molecule has 2 amide bonds. The van der Waals surface area contributed by atoms with E-state index < -0.39 is 0 Å². The summed E-state index contributed by atoms with van der Waals surface area (Å²) in [6.45, 7) is 5.82. The smallest absolute Gasteiger partial charge is 0.315 e. The van der Waals surface area contributed by atoms with Crippen molar-refractivity contribution in [2.45, 2.75) is 45.7 Å². The van der Waals surface area contributed by atoms with E-state index in [4.69, 9.17) is 5.11 Å². The van der Waals surface area contributed by atoms with Crippen LogP contribution in [0, 0.1) is 0 Å². The third kappa shape index (κ3) is 4.27. The lowest BCUT2D eigenvalue weighted by atomic mass is 10.2. The number of hydrogen-bond acceptors (Lipinski definition) is 4. The minimum atomic E-state index is -0.269. The highest BCUT2D eigenvalue weighted by atomic mass is 32.1. The first-order valence-electron chi connectivity index (χ1n) is 6.22. The van der Waals surface area contributed by atoms with Gasteiger partial charge in [0.15, 0.2) is 0 Å². The fourth-order valence-electron chi connectivity index (χ4n) is 1.46. The molecule has 5 nitrogen and oxygen atoms in total. The number of thiazole rings is 1. The van der Waals surface area contributed by atoms with Gasteiger partial charge >= 0.3 is 6.03 Å². The maximum Gasteiger partial charge on any atom is 0.315 e. The lowest BCUT2D eigenvalue weighted by molar-refractivity contribution is 0.212. The van der Waals surface area contributed by atoms with Crippen molar-refractivity contribution in [3.63, 3.8) is 0 Å². The SMILES string of the molecule is CCc1nc(C(C)NC(=O)NC(CC)CO)cs1. The van der Waals surface area contributed by atoms with Crippen LogP contribution in [-0.2, 0) is 6.42 Å². The average molecular weight is 271 g/mol. The molecule has 1 rings (SSSR count). The molecule has 0 radical (unpaired) electrons. The van der Waals surface area contributed by atoms with E-state index in [2.05, 4.69) is 22.5 Å². The van der Waals surface area contributed by atoms with E-state index in [9.17, 15) is 4.79 Å². The Hall–Kier alpha value is -1.14. The van der Waals surface area contributed by atoms with Gasteiger partial charge in [0.2, 0.25) is 0 Å². The van der Waals surface area contributed by atoms with Gasteiger partial charge in [-0.1, -0.05) is 13.8 Å². The van der Waals surface area contributed by atoms with Gasteiger partial charge in [-0.2, -0.15) is 0 Å². The summed E-state index contributed by atoms with van der Waals surface area (Å²) in [6, 6.07) is -0.592. The van der Waals surface area contributed by atoms with E-state index in [1.54, 1.807) is 11.3 Å². The molecule has 0 bridgehead atoms. The Morgan fingerprint density at radius 3 is 2.72 bits per heavy atom. The van der Waals surface area contributed by atoms with Crippen LogP contribution in [0.3, 0.4) is 0 Å². The molecule has 3 N–H and O–H groups in total. The van der Waals surface area contributed by atoms with Crippen LogP contribution in [0.4, 0.5) is 4.79 Å². The zero-order valence-electron chi connectivity index (χ0n) is 11.1. The van der Waals surface area contributed by atoms with Crippen molar-refractivity contribution in [3.05, 3.63) is 16.1 Å². The third-order valence-electron chi connectivity index (χ3n) is 2.71. The number of aromatic nitrogens is 1. The topological polar surface area (TPSA) is 74.2 Å². The molecule has 0 saturated carbocycles. The maximum atomic E-state index is 11.7. The number of aliphatic hydroxyl groups excluding tert-OH is 1. The highest BCUT2D eigenvalue weighted by Crippen LogP contribution is 2.16. The van der Waals surface area contributed by atoms with Crippen molar-refractivity contribution in [1.29, 1.82) is 0 Å². The summed E-state index contributed by atoms with van der Waals surface area (Å²) in [4.78, 5) is 16.1. The average Bonchev–Trinajstić information content (AvgIpc) is 2.84. The van der Waals surface area contributed by atoms with Crippen molar-refractivity contribution < 1.29 is 9.90 Å². The Morgan fingerprint density at radius 1 is 1.50 bits per heavy atom. The molecule has 0 aliphatic rings. The predicted octanol–water partition coefficient (Wildman–Crippen LogP) is 1.84. The molecule has 102 valence electrons. The van der Waals surface area contributed by atoms with Crippen molar-refractivity contribution in [3.8, 4) is 0 Å². The van der Waals surface area contributed by atoms with Crippen molar-refractivity contribution in [1.82, 2.24) is 15.6 Å². The van der Waals surface area contributed by atoms with Crippen LogP contribution in [0.2, 0.25) is 0 Å². The monoisotopic (exact) mass is 271 g/mol. The largest absolute Gasteiger partial charge is 0.394 e. The van der Waals surface area contributed by atoms with Crippen LogP contribution in [0.15, 0.2) is 5.38 Å². The Morgan fingerprint density at radius 2 is 2.22 bits per heavy atom. The Balaban J connectivity index is 2.48. The van der Waals surface area contributed by atoms with Crippen LogP contribution in [0.1, 0.15) is 43.9 Å². The van der Waals surface area contributed by atoms with Gasteiger partial charge < -0.3 is 15.7 Å². The van der Waals surface area contributed by atoms with Gasteiger partial charge in [0.05, 0.1) is 29.4 Å². The van der Waals surface area contributed by atoms with E-state index in [-0.39, 0.29) is 24.7 Å². The summed E-state index contributed by atoms with van der Waals surface area (Å²) < 4.78 is 0. The molecule has 1 aromatic rings. The minimum Gasteiger partial charge on any atom is -0.394 e. The fourth-order valence-corrected chi connectivity index (χ4v) is 2.30. The number of nitrogens with zero attached hydrogens (tertiary/aromatic N) is 1. The van der Waals surface area contributed by atoms with Crippen molar-refractivity contribution in [2.75, 3.05) is 6.61 Å². The van der Waals surface area contributed by atoms with Crippen LogP contribution >= 0.6 is 11.3 Å². The van der Waals surface area contributed by atoms with Gasteiger partial charge in [-0.25, -0.2) is 9.78 Å². The van der Waals surface area contributed by atoms with Gasteiger partial charge in [-0.05, 0) is 19.8 Å². The molecule has 18 heavy (non-hydrogen) atoms. The number of hydrogen-bond donors (Lipinski definition) is 3. The molecule has 0 aliphatic heterocycles. The van der Waals surface area contributed by atoms with Gasteiger partial charge in [-0.15, -0.1) is 11.3 Å². The van der Waals surface area contributed by atoms with Gasteiger partial charge in [0.25, 0.3) is 0 Å². The van der Waals surface area contributed by atoms with E-state index in [1.807, 2.05) is 19.2 Å². The van der Waals surface area contributed by atoms with E-state index in [0.717, 1.165) is 17.1 Å². The van der Waals surface area contributed by atoms with E-state index >= 15 is 0 Å². The van der Waals surface area contributed by atoms with E-state index in [1.165, 1.54) is 0 Å². The lowest BCUT2D eigenvalue weighted by Gasteiger charge is -2.17. The van der Waals surface area contributed by atoms with Crippen LogP contribution in [0.5, 0.6) is 0 Å². The number of carbonyl (C=O) groups is 1. The number of urea groups is 1. The zero-order chi connectivity index (χ0) is 13.5. The Bertz CT molecular complexity index is 377. The second kappa shape index (κ2) is 7.33. The van der Waals surface area contributed by atoms with Gasteiger partial charge in [0.1, 0.15) is 0 Å². The molecule has 6 heteroatoms. The van der Waals surface area contributed by atoms with Crippen LogP contribution < -0.4 is 10.6 Å². The second-order valence-electron chi connectivity index (χ2n) is 4.15. The summed E-state index contributed by atoms with van der Waals surface area (Å²) in [5.74, 6) is 0.